The highest BCUT2D eigenvalue weighted by Crippen LogP contribution is 2.24. The van der Waals surface area contributed by atoms with Gasteiger partial charge in [0.25, 0.3) is 0 Å². The fourth-order valence-corrected chi connectivity index (χ4v) is 2.16. The van der Waals surface area contributed by atoms with Crippen LogP contribution in [0.5, 0.6) is 0 Å². The second-order valence-corrected chi connectivity index (χ2v) is 5.11. The molecule has 0 radical (unpaired) electrons. The van der Waals surface area contributed by atoms with Crippen LogP contribution in [-0.2, 0) is 0 Å². The number of halogens is 2. The van der Waals surface area contributed by atoms with Gasteiger partial charge in [0, 0.05) is 16.1 Å². The molecule has 1 atom stereocenters. The van der Waals surface area contributed by atoms with E-state index in [0.717, 1.165) is 36.6 Å². The standard InChI is InChI=1S/C14H19BrFN/c1-2-3-4-5-6-7-14(17)12-10-11(15)8-9-13(12)16/h2,8-10,14H,1,3-7,17H2. The fraction of sp³-hybridized carbons (Fsp3) is 0.429. The van der Waals surface area contributed by atoms with Crippen LogP contribution < -0.4 is 5.73 Å². The third-order valence-electron chi connectivity index (χ3n) is 2.78. The average Bonchev–Trinajstić information content (AvgIpc) is 2.32. The minimum Gasteiger partial charge on any atom is -0.324 e. The summed E-state index contributed by atoms with van der Waals surface area (Å²) in [5, 5.41) is 0. The van der Waals surface area contributed by atoms with Crippen molar-refractivity contribution in [1.29, 1.82) is 0 Å². The summed E-state index contributed by atoms with van der Waals surface area (Å²) < 4.78 is 14.4. The van der Waals surface area contributed by atoms with Gasteiger partial charge in [0.1, 0.15) is 5.82 Å². The second kappa shape index (κ2) is 7.62. The fourth-order valence-electron chi connectivity index (χ4n) is 1.78. The van der Waals surface area contributed by atoms with Crippen LogP contribution in [0.2, 0.25) is 0 Å². The van der Waals surface area contributed by atoms with Crippen molar-refractivity contribution in [3.05, 3.63) is 46.7 Å². The van der Waals surface area contributed by atoms with Gasteiger partial charge < -0.3 is 5.73 Å². The van der Waals surface area contributed by atoms with E-state index >= 15 is 0 Å². The van der Waals surface area contributed by atoms with Gasteiger partial charge in [-0.25, -0.2) is 4.39 Å². The smallest absolute Gasteiger partial charge is 0.128 e. The molecule has 1 aromatic carbocycles. The number of hydrogen-bond acceptors (Lipinski definition) is 1. The first-order valence-electron chi connectivity index (χ1n) is 5.96. The lowest BCUT2D eigenvalue weighted by Crippen LogP contribution is -2.12. The molecule has 0 amide bonds. The molecule has 1 aromatic rings. The van der Waals surface area contributed by atoms with Gasteiger partial charge in [0.15, 0.2) is 0 Å². The highest BCUT2D eigenvalue weighted by Gasteiger charge is 2.11. The summed E-state index contributed by atoms with van der Waals surface area (Å²) in [5.41, 5.74) is 6.60. The molecule has 1 rings (SSSR count). The molecule has 0 saturated carbocycles. The molecule has 0 fully saturated rings. The van der Waals surface area contributed by atoms with E-state index in [1.54, 1.807) is 12.1 Å². The van der Waals surface area contributed by atoms with Gasteiger partial charge in [-0.1, -0.05) is 34.8 Å². The molecule has 0 aromatic heterocycles. The molecule has 0 spiro atoms. The van der Waals surface area contributed by atoms with Gasteiger partial charge in [-0.3, -0.25) is 0 Å². The molecule has 0 aliphatic heterocycles. The Bertz CT molecular complexity index is 365. The zero-order chi connectivity index (χ0) is 12.7. The van der Waals surface area contributed by atoms with E-state index in [-0.39, 0.29) is 11.9 Å². The number of nitrogens with two attached hydrogens (primary N) is 1. The van der Waals surface area contributed by atoms with E-state index in [1.807, 2.05) is 6.08 Å². The van der Waals surface area contributed by atoms with Crippen LogP contribution in [0, 0.1) is 5.82 Å². The Morgan fingerprint density at radius 1 is 1.35 bits per heavy atom. The first-order valence-corrected chi connectivity index (χ1v) is 6.76. The third-order valence-corrected chi connectivity index (χ3v) is 3.27. The molecule has 0 bridgehead atoms. The van der Waals surface area contributed by atoms with E-state index in [4.69, 9.17) is 5.73 Å². The van der Waals surface area contributed by atoms with Crippen molar-refractivity contribution in [2.45, 2.75) is 38.1 Å². The molecule has 1 unspecified atom stereocenters. The quantitative estimate of drug-likeness (QED) is 0.572. The summed E-state index contributed by atoms with van der Waals surface area (Å²) in [6.45, 7) is 3.68. The van der Waals surface area contributed by atoms with Crippen molar-refractivity contribution in [3.63, 3.8) is 0 Å². The maximum atomic E-state index is 13.5. The summed E-state index contributed by atoms with van der Waals surface area (Å²) in [4.78, 5) is 0. The van der Waals surface area contributed by atoms with Gasteiger partial charge in [0.05, 0.1) is 0 Å². The summed E-state index contributed by atoms with van der Waals surface area (Å²) in [6.07, 6.45) is 7.08. The van der Waals surface area contributed by atoms with E-state index in [2.05, 4.69) is 22.5 Å². The van der Waals surface area contributed by atoms with E-state index in [1.165, 1.54) is 6.07 Å². The number of hydrogen-bond donors (Lipinski definition) is 1. The lowest BCUT2D eigenvalue weighted by Gasteiger charge is -2.13. The normalized spacial score (nSPS) is 12.4. The van der Waals surface area contributed by atoms with Crippen molar-refractivity contribution in [3.8, 4) is 0 Å². The Balaban J connectivity index is 2.43. The van der Waals surface area contributed by atoms with Crippen molar-refractivity contribution in [1.82, 2.24) is 0 Å². The van der Waals surface area contributed by atoms with Crippen molar-refractivity contribution in [2.24, 2.45) is 5.73 Å². The molecular formula is C14H19BrFN. The van der Waals surface area contributed by atoms with Crippen LogP contribution in [0.1, 0.15) is 43.7 Å². The first kappa shape index (κ1) is 14.4. The van der Waals surface area contributed by atoms with Crippen LogP contribution in [0.4, 0.5) is 4.39 Å². The third kappa shape index (κ3) is 5.00. The van der Waals surface area contributed by atoms with E-state index in [0.29, 0.717) is 5.56 Å². The Morgan fingerprint density at radius 2 is 2.12 bits per heavy atom. The second-order valence-electron chi connectivity index (χ2n) is 4.20. The SMILES string of the molecule is C=CCCCCCC(N)c1cc(Br)ccc1F. The lowest BCUT2D eigenvalue weighted by molar-refractivity contribution is 0.534. The highest BCUT2D eigenvalue weighted by molar-refractivity contribution is 9.10. The molecule has 0 aliphatic carbocycles. The minimum atomic E-state index is -0.216. The lowest BCUT2D eigenvalue weighted by atomic mass is 10.0. The highest BCUT2D eigenvalue weighted by atomic mass is 79.9. The zero-order valence-corrected chi connectivity index (χ0v) is 11.5. The molecular weight excluding hydrogens is 281 g/mol. The van der Waals surface area contributed by atoms with Crippen LogP contribution in [0.15, 0.2) is 35.3 Å². The van der Waals surface area contributed by atoms with Gasteiger partial charge in [-0.05, 0) is 37.5 Å². The predicted octanol–water partition coefficient (Wildman–Crippen LogP) is 4.72. The maximum absolute atomic E-state index is 13.5. The van der Waals surface area contributed by atoms with Crippen LogP contribution in [-0.4, -0.2) is 0 Å². The molecule has 0 saturated heterocycles. The van der Waals surface area contributed by atoms with Crippen LogP contribution in [0.3, 0.4) is 0 Å². The van der Waals surface area contributed by atoms with E-state index < -0.39 is 0 Å². The van der Waals surface area contributed by atoms with Gasteiger partial charge >= 0.3 is 0 Å². The summed E-state index contributed by atoms with van der Waals surface area (Å²) >= 11 is 3.33. The average molecular weight is 300 g/mol. The number of unbranched alkanes of at least 4 members (excludes halogenated alkanes) is 3. The summed E-state index contributed by atoms with van der Waals surface area (Å²) in [5.74, 6) is -0.216. The minimum absolute atomic E-state index is 0.212. The van der Waals surface area contributed by atoms with Crippen molar-refractivity contribution < 1.29 is 4.39 Å². The van der Waals surface area contributed by atoms with Crippen molar-refractivity contribution >= 4 is 15.9 Å². The molecule has 0 aliphatic rings. The number of rotatable bonds is 7. The Labute approximate surface area is 111 Å². The van der Waals surface area contributed by atoms with Crippen LogP contribution >= 0.6 is 15.9 Å². The zero-order valence-electron chi connectivity index (χ0n) is 9.96. The Kier molecular flexibility index (Phi) is 6.45. The van der Waals surface area contributed by atoms with Gasteiger partial charge in [-0.15, -0.1) is 6.58 Å². The van der Waals surface area contributed by atoms with Crippen LogP contribution in [0.25, 0.3) is 0 Å². The molecule has 0 heterocycles. The molecule has 1 nitrogen and oxygen atoms in total. The summed E-state index contributed by atoms with van der Waals surface area (Å²) in [6, 6.07) is 4.70. The molecule has 17 heavy (non-hydrogen) atoms. The molecule has 3 heteroatoms. The molecule has 2 N–H and O–H groups in total. The predicted molar refractivity (Wildman–Crippen MR) is 74.3 cm³/mol. The van der Waals surface area contributed by atoms with Gasteiger partial charge in [0.2, 0.25) is 0 Å². The maximum Gasteiger partial charge on any atom is 0.128 e. The van der Waals surface area contributed by atoms with Crippen molar-refractivity contribution in [2.75, 3.05) is 0 Å². The number of benzene rings is 1. The first-order chi connectivity index (χ1) is 8.15. The largest absolute Gasteiger partial charge is 0.324 e. The van der Waals surface area contributed by atoms with E-state index in [9.17, 15) is 4.39 Å². The molecule has 94 valence electrons. The topological polar surface area (TPSA) is 26.0 Å². The monoisotopic (exact) mass is 299 g/mol. The summed E-state index contributed by atoms with van der Waals surface area (Å²) in [7, 11) is 0. The van der Waals surface area contributed by atoms with Gasteiger partial charge in [-0.2, -0.15) is 0 Å². The number of allylic oxidation sites excluding steroid dienone is 1. The Hall–Kier alpha value is -0.670. The Morgan fingerprint density at radius 3 is 2.82 bits per heavy atom.